The van der Waals surface area contributed by atoms with Crippen molar-refractivity contribution in [3.63, 3.8) is 0 Å². The van der Waals surface area contributed by atoms with E-state index in [1.807, 2.05) is 42.5 Å². The Labute approximate surface area is 316 Å². The number of nitriles is 2. The van der Waals surface area contributed by atoms with E-state index in [0.29, 0.717) is 11.1 Å². The molecule has 5 heteroatoms. The molecular weight excluding hydrogens is 671 g/mol. The van der Waals surface area contributed by atoms with Crippen LogP contribution in [-0.4, -0.2) is 13.7 Å². The minimum absolute atomic E-state index is 0.563. The lowest BCUT2D eigenvalue weighted by molar-refractivity contribution is 1.15. The van der Waals surface area contributed by atoms with Crippen molar-refractivity contribution in [3.05, 3.63) is 187 Å². The molecule has 11 rings (SSSR count). The van der Waals surface area contributed by atoms with E-state index in [0.717, 1.165) is 61.0 Å². The van der Waals surface area contributed by atoms with Crippen LogP contribution in [0.1, 0.15) is 11.1 Å². The molecule has 55 heavy (non-hydrogen) atoms. The summed E-state index contributed by atoms with van der Waals surface area (Å²) in [5.74, 6) is 0. The molecule has 0 unspecified atom stereocenters. The van der Waals surface area contributed by atoms with Gasteiger partial charge in [-0.05, 0) is 90.0 Å². The number of aromatic nitrogens is 3. The Bertz CT molecular complexity index is 3420. The van der Waals surface area contributed by atoms with E-state index < -0.39 is 0 Å². The standard InChI is InChI=1S/C50H29N5/c51-30-32-20-22-43-41-14-4-8-19-48(41)55(49(43)26-32)38-25-33(31-52)24-35(28-38)34-10-9-11-36(27-34)54-47-18-7-3-15-42(47)44-23-21-37(29-50(44)54)53-45-16-5-1-12-39(45)40-13-2-6-17-46(40)53/h1-29H. The smallest absolute Gasteiger partial charge is 0.0992 e. The predicted octanol–water partition coefficient (Wildman–Crippen LogP) is 12.4. The Morgan fingerprint density at radius 2 is 0.745 bits per heavy atom. The van der Waals surface area contributed by atoms with Crippen molar-refractivity contribution in [1.29, 1.82) is 10.5 Å². The summed E-state index contributed by atoms with van der Waals surface area (Å²) < 4.78 is 6.89. The molecule has 5 nitrogen and oxygen atoms in total. The highest BCUT2D eigenvalue weighted by Gasteiger charge is 2.18. The Morgan fingerprint density at radius 1 is 0.291 bits per heavy atom. The molecule has 0 aliphatic rings. The van der Waals surface area contributed by atoms with Crippen molar-refractivity contribution in [3.8, 4) is 40.3 Å². The molecule has 0 atom stereocenters. The van der Waals surface area contributed by atoms with Crippen molar-refractivity contribution in [2.24, 2.45) is 0 Å². The summed E-state index contributed by atoms with van der Waals surface area (Å²) in [6, 6.07) is 66.1. The molecule has 0 N–H and O–H groups in total. The average molecular weight is 700 g/mol. The van der Waals surface area contributed by atoms with Gasteiger partial charge in [0.25, 0.3) is 0 Å². The third-order valence-corrected chi connectivity index (χ3v) is 11.0. The number of hydrogen-bond acceptors (Lipinski definition) is 2. The molecule has 0 aliphatic heterocycles. The summed E-state index contributed by atoms with van der Waals surface area (Å²) in [6.07, 6.45) is 0. The lowest BCUT2D eigenvalue weighted by atomic mass is 10.0. The minimum Gasteiger partial charge on any atom is -0.309 e. The van der Waals surface area contributed by atoms with Gasteiger partial charge in [0.1, 0.15) is 0 Å². The van der Waals surface area contributed by atoms with Crippen LogP contribution in [0.3, 0.4) is 0 Å². The minimum atomic E-state index is 0.563. The SMILES string of the molecule is N#Cc1cc(-c2cccc(-n3c4ccccc4c4ccc(-n5c6ccccc6c6ccccc65)cc43)c2)cc(-n2c3ccccc3c3ccc(C#N)cc32)c1. The average Bonchev–Trinajstić information content (AvgIpc) is 3.88. The highest BCUT2D eigenvalue weighted by atomic mass is 15.0. The summed E-state index contributed by atoms with van der Waals surface area (Å²) in [5, 5.41) is 27.1. The zero-order chi connectivity index (χ0) is 36.6. The third kappa shape index (κ3) is 4.58. The highest BCUT2D eigenvalue weighted by Crippen LogP contribution is 2.39. The lowest BCUT2D eigenvalue weighted by Crippen LogP contribution is -1.98. The van der Waals surface area contributed by atoms with Crippen LogP contribution in [0.5, 0.6) is 0 Å². The maximum Gasteiger partial charge on any atom is 0.0992 e. The lowest BCUT2D eigenvalue weighted by Gasteiger charge is -2.14. The van der Waals surface area contributed by atoms with Crippen molar-refractivity contribution >= 4 is 65.4 Å². The predicted molar refractivity (Wildman–Crippen MR) is 224 cm³/mol. The number of benzene rings is 8. The first kappa shape index (κ1) is 30.7. The molecule has 0 aliphatic carbocycles. The fourth-order valence-electron chi connectivity index (χ4n) is 8.69. The Kier molecular flexibility index (Phi) is 6.61. The van der Waals surface area contributed by atoms with Gasteiger partial charge < -0.3 is 13.7 Å². The quantitative estimate of drug-likeness (QED) is 0.184. The number of para-hydroxylation sites is 4. The van der Waals surface area contributed by atoms with Crippen molar-refractivity contribution in [2.45, 2.75) is 0 Å². The summed E-state index contributed by atoms with van der Waals surface area (Å²) >= 11 is 0. The maximum atomic E-state index is 10.3. The van der Waals surface area contributed by atoms with Crippen LogP contribution in [0.25, 0.3) is 93.6 Å². The zero-order valence-electron chi connectivity index (χ0n) is 29.5. The van der Waals surface area contributed by atoms with Crippen molar-refractivity contribution < 1.29 is 0 Å². The molecule has 11 aromatic rings. The van der Waals surface area contributed by atoms with Gasteiger partial charge in [-0.25, -0.2) is 0 Å². The molecule has 3 aromatic heterocycles. The van der Waals surface area contributed by atoms with E-state index in [-0.39, 0.29) is 0 Å². The van der Waals surface area contributed by atoms with Crippen LogP contribution in [0, 0.1) is 22.7 Å². The van der Waals surface area contributed by atoms with E-state index in [9.17, 15) is 10.5 Å². The molecule has 8 aromatic carbocycles. The molecule has 3 heterocycles. The van der Waals surface area contributed by atoms with E-state index in [2.05, 4.69) is 159 Å². The number of fused-ring (bicyclic) bond motifs is 9. The van der Waals surface area contributed by atoms with Crippen LogP contribution in [0.2, 0.25) is 0 Å². The molecule has 0 saturated heterocycles. The first-order chi connectivity index (χ1) is 27.2. The monoisotopic (exact) mass is 699 g/mol. The molecule has 0 radical (unpaired) electrons. The number of hydrogen-bond donors (Lipinski definition) is 0. The largest absolute Gasteiger partial charge is 0.309 e. The third-order valence-electron chi connectivity index (χ3n) is 11.0. The van der Waals surface area contributed by atoms with Gasteiger partial charge in [0.05, 0.1) is 56.4 Å². The summed E-state index contributed by atoms with van der Waals surface area (Å²) in [7, 11) is 0. The van der Waals surface area contributed by atoms with Gasteiger partial charge in [-0.15, -0.1) is 0 Å². The van der Waals surface area contributed by atoms with E-state index in [1.165, 1.54) is 32.6 Å². The first-order valence-electron chi connectivity index (χ1n) is 18.3. The zero-order valence-corrected chi connectivity index (χ0v) is 29.5. The molecule has 0 fully saturated rings. The summed E-state index contributed by atoms with van der Waals surface area (Å²) in [6.45, 7) is 0. The second-order valence-corrected chi connectivity index (χ2v) is 14.1. The van der Waals surface area contributed by atoms with E-state index >= 15 is 0 Å². The van der Waals surface area contributed by atoms with Crippen LogP contribution < -0.4 is 0 Å². The van der Waals surface area contributed by atoms with Gasteiger partial charge in [0.15, 0.2) is 0 Å². The summed E-state index contributed by atoms with van der Waals surface area (Å²) in [5.41, 5.74) is 12.6. The molecule has 0 saturated carbocycles. The second kappa shape index (κ2) is 11.8. The van der Waals surface area contributed by atoms with Crippen LogP contribution in [-0.2, 0) is 0 Å². The Hall–Kier alpha value is -7.86. The van der Waals surface area contributed by atoms with E-state index in [1.54, 1.807) is 0 Å². The molecule has 254 valence electrons. The van der Waals surface area contributed by atoms with Gasteiger partial charge in [-0.1, -0.05) is 97.1 Å². The van der Waals surface area contributed by atoms with Gasteiger partial charge >= 0.3 is 0 Å². The Morgan fingerprint density at radius 3 is 1.33 bits per heavy atom. The van der Waals surface area contributed by atoms with Crippen molar-refractivity contribution in [1.82, 2.24) is 13.7 Å². The topological polar surface area (TPSA) is 62.4 Å². The van der Waals surface area contributed by atoms with Crippen LogP contribution in [0.4, 0.5) is 0 Å². The van der Waals surface area contributed by atoms with Gasteiger partial charge in [0.2, 0.25) is 0 Å². The van der Waals surface area contributed by atoms with Crippen LogP contribution >= 0.6 is 0 Å². The fraction of sp³-hybridized carbons (Fsp3) is 0. The first-order valence-corrected chi connectivity index (χ1v) is 18.3. The second-order valence-electron chi connectivity index (χ2n) is 14.1. The van der Waals surface area contributed by atoms with Gasteiger partial charge in [0, 0.05) is 49.4 Å². The normalized spacial score (nSPS) is 11.6. The van der Waals surface area contributed by atoms with Gasteiger partial charge in [-0.3, -0.25) is 0 Å². The van der Waals surface area contributed by atoms with Gasteiger partial charge in [-0.2, -0.15) is 10.5 Å². The summed E-state index contributed by atoms with van der Waals surface area (Å²) in [4.78, 5) is 0. The van der Waals surface area contributed by atoms with Crippen molar-refractivity contribution in [2.75, 3.05) is 0 Å². The Balaban J connectivity index is 1.12. The molecule has 0 bridgehead atoms. The maximum absolute atomic E-state index is 10.3. The molecule has 0 amide bonds. The molecular formula is C50H29N5. The van der Waals surface area contributed by atoms with E-state index in [4.69, 9.17) is 0 Å². The highest BCUT2D eigenvalue weighted by molar-refractivity contribution is 6.12. The molecule has 0 spiro atoms. The number of rotatable bonds is 4. The number of nitrogens with zero attached hydrogens (tertiary/aromatic N) is 5. The fourth-order valence-corrected chi connectivity index (χ4v) is 8.69. The van der Waals surface area contributed by atoms with Crippen LogP contribution in [0.15, 0.2) is 176 Å².